The van der Waals surface area contributed by atoms with E-state index in [-0.39, 0.29) is 11.7 Å². The molecule has 1 nitrogen and oxygen atoms in total. The average molecular weight is 244 g/mol. The van der Waals surface area contributed by atoms with Crippen molar-refractivity contribution < 1.29 is 4.79 Å². The SMILES string of the molecule is CSc1ccc2cc(C(C)C(C)=O)ccc2c1. The molecule has 2 heteroatoms. The van der Waals surface area contributed by atoms with Crippen molar-refractivity contribution in [3.63, 3.8) is 0 Å². The van der Waals surface area contributed by atoms with Crippen LogP contribution in [0, 0.1) is 0 Å². The van der Waals surface area contributed by atoms with Crippen LogP contribution < -0.4 is 0 Å². The second-order valence-electron chi connectivity index (χ2n) is 4.30. The third kappa shape index (κ3) is 2.52. The summed E-state index contributed by atoms with van der Waals surface area (Å²) in [6.07, 6.45) is 2.08. The van der Waals surface area contributed by atoms with Gasteiger partial charge in [-0.05, 0) is 41.6 Å². The largest absolute Gasteiger partial charge is 0.299 e. The Balaban J connectivity index is 2.48. The lowest BCUT2D eigenvalue weighted by Crippen LogP contribution is -2.03. The van der Waals surface area contributed by atoms with Crippen molar-refractivity contribution in [1.29, 1.82) is 0 Å². The summed E-state index contributed by atoms with van der Waals surface area (Å²) >= 11 is 1.74. The second-order valence-corrected chi connectivity index (χ2v) is 5.18. The van der Waals surface area contributed by atoms with Crippen LogP contribution in [0.4, 0.5) is 0 Å². The highest BCUT2D eigenvalue weighted by atomic mass is 32.2. The lowest BCUT2D eigenvalue weighted by molar-refractivity contribution is -0.118. The molecule has 2 aromatic carbocycles. The Bertz CT molecular complexity index is 560. The summed E-state index contributed by atoms with van der Waals surface area (Å²) in [5.74, 6) is 0.199. The Morgan fingerprint density at radius 1 is 1.12 bits per heavy atom. The molecular formula is C15H16OS. The van der Waals surface area contributed by atoms with E-state index in [9.17, 15) is 4.79 Å². The van der Waals surface area contributed by atoms with Crippen LogP contribution in [-0.4, -0.2) is 12.0 Å². The minimum Gasteiger partial charge on any atom is -0.299 e. The molecule has 0 bridgehead atoms. The molecule has 17 heavy (non-hydrogen) atoms. The minimum absolute atomic E-state index is 0.0142. The van der Waals surface area contributed by atoms with Crippen LogP contribution >= 0.6 is 11.8 Å². The van der Waals surface area contributed by atoms with Crippen LogP contribution in [-0.2, 0) is 4.79 Å². The summed E-state index contributed by atoms with van der Waals surface area (Å²) in [7, 11) is 0. The Morgan fingerprint density at radius 3 is 2.41 bits per heavy atom. The third-order valence-corrected chi connectivity index (χ3v) is 3.91. The summed E-state index contributed by atoms with van der Waals surface area (Å²) in [5, 5.41) is 2.43. The summed E-state index contributed by atoms with van der Waals surface area (Å²) in [6.45, 7) is 3.60. The number of carbonyl (C=O) groups is 1. The molecule has 1 atom stereocenters. The van der Waals surface area contributed by atoms with Crippen molar-refractivity contribution in [2.45, 2.75) is 24.7 Å². The number of benzene rings is 2. The Kier molecular flexibility index (Phi) is 3.53. The van der Waals surface area contributed by atoms with Gasteiger partial charge in [0.1, 0.15) is 5.78 Å². The van der Waals surface area contributed by atoms with Crippen molar-refractivity contribution in [3.8, 4) is 0 Å². The highest BCUT2D eigenvalue weighted by Gasteiger charge is 2.10. The quantitative estimate of drug-likeness (QED) is 0.751. The zero-order valence-corrected chi connectivity index (χ0v) is 11.2. The predicted octanol–water partition coefficient (Wildman–Crippen LogP) is 4.25. The van der Waals surface area contributed by atoms with Gasteiger partial charge in [0.15, 0.2) is 0 Å². The topological polar surface area (TPSA) is 17.1 Å². The molecule has 0 spiro atoms. The van der Waals surface area contributed by atoms with Crippen LogP contribution in [0.15, 0.2) is 41.3 Å². The lowest BCUT2D eigenvalue weighted by Gasteiger charge is -2.09. The van der Waals surface area contributed by atoms with Gasteiger partial charge in [-0.25, -0.2) is 0 Å². The van der Waals surface area contributed by atoms with Crippen LogP contribution in [0.5, 0.6) is 0 Å². The van der Waals surface area contributed by atoms with Gasteiger partial charge in [0, 0.05) is 10.8 Å². The summed E-state index contributed by atoms with van der Waals surface area (Å²) in [5.41, 5.74) is 1.10. The highest BCUT2D eigenvalue weighted by molar-refractivity contribution is 7.98. The Morgan fingerprint density at radius 2 is 1.76 bits per heavy atom. The molecule has 0 N–H and O–H groups in total. The van der Waals surface area contributed by atoms with Crippen molar-refractivity contribution in [1.82, 2.24) is 0 Å². The van der Waals surface area contributed by atoms with E-state index < -0.39 is 0 Å². The molecule has 2 rings (SSSR count). The Labute approximate surface area is 106 Å². The number of hydrogen-bond acceptors (Lipinski definition) is 2. The molecule has 0 saturated heterocycles. The number of thioether (sulfide) groups is 1. The second kappa shape index (κ2) is 4.92. The van der Waals surface area contributed by atoms with Crippen LogP contribution in [0.1, 0.15) is 25.3 Å². The van der Waals surface area contributed by atoms with Gasteiger partial charge < -0.3 is 0 Å². The molecule has 1 unspecified atom stereocenters. The van der Waals surface area contributed by atoms with Crippen LogP contribution in [0.3, 0.4) is 0 Å². The predicted molar refractivity (Wildman–Crippen MR) is 74.8 cm³/mol. The molecule has 0 aliphatic heterocycles. The van der Waals surface area contributed by atoms with Gasteiger partial charge in [0.05, 0.1) is 0 Å². The van der Waals surface area contributed by atoms with Gasteiger partial charge in [0.25, 0.3) is 0 Å². The smallest absolute Gasteiger partial charge is 0.136 e. The van der Waals surface area contributed by atoms with Crippen molar-refractivity contribution in [2.24, 2.45) is 0 Å². The molecule has 0 fully saturated rings. The standard InChI is InChI=1S/C15H16OS/c1-10(11(2)16)12-4-5-14-9-15(17-3)7-6-13(14)8-12/h4-10H,1-3H3. The first-order chi connectivity index (χ1) is 8.11. The van der Waals surface area contributed by atoms with E-state index >= 15 is 0 Å². The molecule has 2 aromatic rings. The van der Waals surface area contributed by atoms with Crippen LogP contribution in [0.25, 0.3) is 10.8 Å². The highest BCUT2D eigenvalue weighted by Crippen LogP contribution is 2.25. The normalized spacial score (nSPS) is 12.6. The van der Waals surface area contributed by atoms with Gasteiger partial charge >= 0.3 is 0 Å². The first-order valence-corrected chi connectivity index (χ1v) is 6.92. The first kappa shape index (κ1) is 12.2. The molecular weight excluding hydrogens is 228 g/mol. The number of rotatable bonds is 3. The molecule has 0 aliphatic rings. The van der Waals surface area contributed by atoms with Crippen molar-refractivity contribution in [3.05, 3.63) is 42.0 Å². The molecule has 0 aliphatic carbocycles. The van der Waals surface area contributed by atoms with E-state index in [0.717, 1.165) is 5.56 Å². The van der Waals surface area contributed by atoms with Gasteiger partial charge in [-0.1, -0.05) is 31.2 Å². The van der Waals surface area contributed by atoms with Gasteiger partial charge in [0.2, 0.25) is 0 Å². The molecule has 0 radical (unpaired) electrons. The fourth-order valence-electron chi connectivity index (χ4n) is 1.87. The van der Waals surface area contributed by atoms with Crippen molar-refractivity contribution >= 4 is 28.3 Å². The molecule has 0 saturated carbocycles. The van der Waals surface area contributed by atoms with E-state index in [1.807, 2.05) is 6.92 Å². The molecule has 88 valence electrons. The van der Waals surface area contributed by atoms with Gasteiger partial charge in [-0.3, -0.25) is 4.79 Å². The summed E-state index contributed by atoms with van der Waals surface area (Å²) in [4.78, 5) is 12.6. The zero-order valence-electron chi connectivity index (χ0n) is 10.4. The maximum Gasteiger partial charge on any atom is 0.136 e. The number of Topliss-reactive ketones (excluding diaryl/α,β-unsaturated/α-hetero) is 1. The molecule has 0 aromatic heterocycles. The fraction of sp³-hybridized carbons (Fsp3) is 0.267. The van der Waals surface area contributed by atoms with E-state index in [1.54, 1.807) is 18.7 Å². The molecule has 0 amide bonds. The van der Waals surface area contributed by atoms with Gasteiger partial charge in [-0.2, -0.15) is 0 Å². The molecule has 0 heterocycles. The Hall–Kier alpha value is -1.28. The fourth-order valence-corrected chi connectivity index (χ4v) is 2.32. The third-order valence-electron chi connectivity index (χ3n) is 3.18. The van der Waals surface area contributed by atoms with E-state index in [0.29, 0.717) is 0 Å². The lowest BCUT2D eigenvalue weighted by atomic mass is 9.95. The van der Waals surface area contributed by atoms with E-state index in [2.05, 4.69) is 42.7 Å². The average Bonchev–Trinajstić information content (AvgIpc) is 2.36. The summed E-state index contributed by atoms with van der Waals surface area (Å²) in [6, 6.07) is 12.7. The van der Waals surface area contributed by atoms with Crippen molar-refractivity contribution in [2.75, 3.05) is 6.26 Å². The van der Waals surface area contributed by atoms with Gasteiger partial charge in [-0.15, -0.1) is 11.8 Å². The number of hydrogen-bond donors (Lipinski definition) is 0. The minimum atomic E-state index is -0.0142. The van der Waals surface area contributed by atoms with E-state index in [1.165, 1.54) is 15.7 Å². The van der Waals surface area contributed by atoms with Crippen LogP contribution in [0.2, 0.25) is 0 Å². The maximum absolute atomic E-state index is 11.4. The first-order valence-electron chi connectivity index (χ1n) is 5.70. The van der Waals surface area contributed by atoms with E-state index in [4.69, 9.17) is 0 Å². The maximum atomic E-state index is 11.4. The monoisotopic (exact) mass is 244 g/mol. The number of carbonyl (C=O) groups excluding carboxylic acids is 1. The number of fused-ring (bicyclic) bond motifs is 1. The zero-order chi connectivity index (χ0) is 12.4. The summed E-state index contributed by atoms with van der Waals surface area (Å²) < 4.78 is 0. The number of ketones is 1.